The zero-order chi connectivity index (χ0) is 13.0. The Bertz CT molecular complexity index is 447. The van der Waals surface area contributed by atoms with Gasteiger partial charge in [0.15, 0.2) is 0 Å². The molecule has 1 heterocycles. The number of hydrogen-bond donors (Lipinski definition) is 1. The first-order valence-corrected chi connectivity index (χ1v) is 7.22. The maximum atomic E-state index is 9.26. The maximum absolute atomic E-state index is 9.26. The van der Waals surface area contributed by atoms with Gasteiger partial charge >= 0.3 is 0 Å². The predicted octanol–water partition coefficient (Wildman–Crippen LogP) is 2.90. The third-order valence-corrected chi connectivity index (χ3v) is 3.82. The molecule has 1 N–H and O–H groups in total. The van der Waals surface area contributed by atoms with Crippen molar-refractivity contribution in [3.63, 3.8) is 0 Å². The van der Waals surface area contributed by atoms with Gasteiger partial charge in [-0.15, -0.1) is 0 Å². The van der Waals surface area contributed by atoms with Crippen LogP contribution in [0.2, 0.25) is 0 Å². The standard InChI is InChI=1S/C14H18BrN3/c1-2-7-18(13-5-6-17-10-13)14-8-12(15)4-3-11(14)9-16/h3-4,8,13,17H,2,5-7,10H2,1H3. The van der Waals surface area contributed by atoms with E-state index in [1.54, 1.807) is 0 Å². The number of halogens is 1. The Morgan fingerprint density at radius 3 is 3.00 bits per heavy atom. The van der Waals surface area contributed by atoms with Crippen molar-refractivity contribution in [1.29, 1.82) is 5.26 Å². The molecule has 0 spiro atoms. The second-order valence-corrected chi connectivity index (χ2v) is 5.53. The largest absolute Gasteiger partial charge is 0.366 e. The van der Waals surface area contributed by atoms with Crippen molar-refractivity contribution in [2.24, 2.45) is 0 Å². The summed E-state index contributed by atoms with van der Waals surface area (Å²) in [7, 11) is 0. The maximum Gasteiger partial charge on any atom is 0.101 e. The Hall–Kier alpha value is -1.05. The van der Waals surface area contributed by atoms with E-state index in [0.717, 1.165) is 48.2 Å². The van der Waals surface area contributed by atoms with Crippen LogP contribution in [0.15, 0.2) is 22.7 Å². The van der Waals surface area contributed by atoms with Gasteiger partial charge in [0.1, 0.15) is 6.07 Å². The average Bonchev–Trinajstić information content (AvgIpc) is 2.89. The number of nitrogens with one attached hydrogen (secondary N) is 1. The summed E-state index contributed by atoms with van der Waals surface area (Å²) in [6, 6.07) is 8.69. The highest BCUT2D eigenvalue weighted by molar-refractivity contribution is 9.10. The first-order valence-electron chi connectivity index (χ1n) is 6.43. The first kappa shape index (κ1) is 13.4. The molecule has 0 aliphatic carbocycles. The molecule has 1 aromatic carbocycles. The van der Waals surface area contributed by atoms with Gasteiger partial charge in [0.2, 0.25) is 0 Å². The van der Waals surface area contributed by atoms with Gasteiger partial charge in [-0.05, 0) is 37.6 Å². The molecule has 1 unspecified atom stereocenters. The number of nitriles is 1. The Labute approximate surface area is 117 Å². The van der Waals surface area contributed by atoms with E-state index in [1.807, 2.05) is 12.1 Å². The minimum atomic E-state index is 0.506. The summed E-state index contributed by atoms with van der Waals surface area (Å²) in [4.78, 5) is 2.38. The second-order valence-electron chi connectivity index (χ2n) is 4.61. The van der Waals surface area contributed by atoms with Gasteiger partial charge in [-0.1, -0.05) is 22.9 Å². The Morgan fingerprint density at radius 1 is 1.56 bits per heavy atom. The highest BCUT2D eigenvalue weighted by atomic mass is 79.9. The Kier molecular flexibility index (Phi) is 4.62. The smallest absolute Gasteiger partial charge is 0.101 e. The summed E-state index contributed by atoms with van der Waals surface area (Å²) in [6.45, 7) is 5.26. The molecule has 4 heteroatoms. The van der Waals surface area contributed by atoms with E-state index in [0.29, 0.717) is 6.04 Å². The van der Waals surface area contributed by atoms with Crippen molar-refractivity contribution in [2.45, 2.75) is 25.8 Å². The van der Waals surface area contributed by atoms with E-state index < -0.39 is 0 Å². The molecule has 1 saturated heterocycles. The first-order chi connectivity index (χ1) is 8.76. The number of nitrogens with zero attached hydrogens (tertiary/aromatic N) is 2. The van der Waals surface area contributed by atoms with Crippen LogP contribution in [0.5, 0.6) is 0 Å². The van der Waals surface area contributed by atoms with E-state index in [1.165, 1.54) is 0 Å². The lowest BCUT2D eigenvalue weighted by atomic mass is 10.1. The van der Waals surface area contributed by atoms with Crippen LogP contribution in [0, 0.1) is 11.3 Å². The molecule has 0 aromatic heterocycles. The molecule has 1 fully saturated rings. The molecule has 2 rings (SSSR count). The van der Waals surface area contributed by atoms with Gasteiger partial charge in [-0.3, -0.25) is 0 Å². The van der Waals surface area contributed by atoms with Crippen LogP contribution in [0.1, 0.15) is 25.3 Å². The SMILES string of the molecule is CCCN(c1cc(Br)ccc1C#N)C1CCNC1. The summed E-state index contributed by atoms with van der Waals surface area (Å²) in [5.41, 5.74) is 1.82. The fourth-order valence-electron chi connectivity index (χ4n) is 2.48. The van der Waals surface area contributed by atoms with Gasteiger partial charge in [-0.2, -0.15) is 5.26 Å². The van der Waals surface area contributed by atoms with Crippen molar-refractivity contribution < 1.29 is 0 Å². The van der Waals surface area contributed by atoms with Crippen LogP contribution in [0.4, 0.5) is 5.69 Å². The molecular weight excluding hydrogens is 290 g/mol. The van der Waals surface area contributed by atoms with Gasteiger partial charge in [-0.25, -0.2) is 0 Å². The molecule has 3 nitrogen and oxygen atoms in total. The van der Waals surface area contributed by atoms with Crippen molar-refractivity contribution in [1.82, 2.24) is 5.32 Å². The van der Waals surface area contributed by atoms with Crippen molar-refractivity contribution >= 4 is 21.6 Å². The minimum Gasteiger partial charge on any atom is -0.366 e. The van der Waals surface area contributed by atoms with Crippen LogP contribution >= 0.6 is 15.9 Å². The molecule has 1 aliphatic heterocycles. The van der Waals surface area contributed by atoms with Crippen LogP contribution in [-0.4, -0.2) is 25.7 Å². The highest BCUT2D eigenvalue weighted by Gasteiger charge is 2.23. The summed E-state index contributed by atoms with van der Waals surface area (Å²) in [5, 5.41) is 12.7. The van der Waals surface area contributed by atoms with E-state index in [9.17, 15) is 5.26 Å². The van der Waals surface area contributed by atoms with E-state index in [4.69, 9.17) is 0 Å². The second kappa shape index (κ2) is 6.21. The molecule has 1 atom stereocenters. The van der Waals surface area contributed by atoms with Gasteiger partial charge in [0, 0.05) is 23.6 Å². The molecule has 0 saturated carbocycles. The zero-order valence-corrected chi connectivity index (χ0v) is 12.2. The topological polar surface area (TPSA) is 39.1 Å². The predicted molar refractivity (Wildman–Crippen MR) is 77.8 cm³/mol. The number of hydrogen-bond acceptors (Lipinski definition) is 3. The van der Waals surface area contributed by atoms with E-state index >= 15 is 0 Å². The third-order valence-electron chi connectivity index (χ3n) is 3.33. The quantitative estimate of drug-likeness (QED) is 0.929. The van der Waals surface area contributed by atoms with Crippen molar-refractivity contribution in [3.05, 3.63) is 28.2 Å². The van der Waals surface area contributed by atoms with Crippen molar-refractivity contribution in [3.8, 4) is 6.07 Å². The van der Waals surface area contributed by atoms with Crippen LogP contribution in [-0.2, 0) is 0 Å². The van der Waals surface area contributed by atoms with Crippen LogP contribution < -0.4 is 10.2 Å². The average molecular weight is 308 g/mol. The zero-order valence-electron chi connectivity index (χ0n) is 10.6. The number of benzene rings is 1. The molecule has 0 radical (unpaired) electrons. The molecule has 96 valence electrons. The molecule has 0 bridgehead atoms. The summed E-state index contributed by atoms with van der Waals surface area (Å²) in [5.74, 6) is 0. The monoisotopic (exact) mass is 307 g/mol. The lowest BCUT2D eigenvalue weighted by Gasteiger charge is -2.31. The Morgan fingerprint density at radius 2 is 2.39 bits per heavy atom. The van der Waals surface area contributed by atoms with Gasteiger partial charge in [0.05, 0.1) is 11.3 Å². The van der Waals surface area contributed by atoms with Gasteiger partial charge < -0.3 is 10.2 Å². The van der Waals surface area contributed by atoms with E-state index in [2.05, 4.69) is 45.2 Å². The number of rotatable bonds is 4. The van der Waals surface area contributed by atoms with Gasteiger partial charge in [0.25, 0.3) is 0 Å². The van der Waals surface area contributed by atoms with Crippen LogP contribution in [0.25, 0.3) is 0 Å². The van der Waals surface area contributed by atoms with Crippen LogP contribution in [0.3, 0.4) is 0 Å². The fourth-order valence-corrected chi connectivity index (χ4v) is 2.83. The molecule has 1 aromatic rings. The normalized spacial score (nSPS) is 18.6. The lowest BCUT2D eigenvalue weighted by molar-refractivity contribution is 0.624. The summed E-state index contributed by atoms with van der Waals surface area (Å²) >= 11 is 3.50. The summed E-state index contributed by atoms with van der Waals surface area (Å²) < 4.78 is 1.03. The van der Waals surface area contributed by atoms with E-state index in [-0.39, 0.29) is 0 Å². The minimum absolute atomic E-state index is 0.506. The molecule has 1 aliphatic rings. The Balaban J connectivity index is 2.34. The molecule has 0 amide bonds. The summed E-state index contributed by atoms with van der Waals surface area (Å²) in [6.07, 6.45) is 2.24. The molecular formula is C14H18BrN3. The third kappa shape index (κ3) is 2.85. The fraction of sp³-hybridized carbons (Fsp3) is 0.500. The molecule has 18 heavy (non-hydrogen) atoms. The lowest BCUT2D eigenvalue weighted by Crippen LogP contribution is -2.38. The van der Waals surface area contributed by atoms with Crippen molar-refractivity contribution in [2.75, 3.05) is 24.5 Å². The number of anilines is 1. The highest BCUT2D eigenvalue weighted by Crippen LogP contribution is 2.28.